The van der Waals surface area contributed by atoms with Crippen LogP contribution in [0.4, 0.5) is 0 Å². The van der Waals surface area contributed by atoms with Crippen LogP contribution in [0.2, 0.25) is 0 Å². The number of rotatable bonds is 5. The molecule has 2 rings (SSSR count). The highest BCUT2D eigenvalue weighted by molar-refractivity contribution is 5.81. The van der Waals surface area contributed by atoms with Crippen molar-refractivity contribution < 1.29 is 14.7 Å². The van der Waals surface area contributed by atoms with E-state index >= 15 is 0 Å². The number of hydrogen-bond acceptors (Lipinski definition) is 2. The molecule has 4 nitrogen and oxygen atoms in total. The smallest absolute Gasteiger partial charge is 0.311 e. The molecular formula is C15H23NO3. The molecule has 4 heteroatoms. The molecule has 1 aliphatic carbocycles. The Balaban J connectivity index is 1.94. The first-order valence-corrected chi connectivity index (χ1v) is 7.25. The third-order valence-corrected chi connectivity index (χ3v) is 4.44. The molecule has 0 radical (unpaired) electrons. The predicted molar refractivity (Wildman–Crippen MR) is 72.7 cm³/mol. The maximum Gasteiger partial charge on any atom is 0.311 e. The molecule has 106 valence electrons. The van der Waals surface area contributed by atoms with Crippen molar-refractivity contribution in [1.29, 1.82) is 0 Å². The third-order valence-electron chi connectivity index (χ3n) is 4.44. The average molecular weight is 265 g/mol. The third kappa shape index (κ3) is 2.99. The second kappa shape index (κ2) is 5.76. The first-order valence-electron chi connectivity index (χ1n) is 7.25. The summed E-state index contributed by atoms with van der Waals surface area (Å²) >= 11 is 0. The van der Waals surface area contributed by atoms with Gasteiger partial charge in [0.1, 0.15) is 0 Å². The van der Waals surface area contributed by atoms with Gasteiger partial charge in [-0.1, -0.05) is 25.5 Å². The van der Waals surface area contributed by atoms with E-state index in [0.717, 1.165) is 19.3 Å². The van der Waals surface area contributed by atoms with E-state index in [1.165, 1.54) is 0 Å². The molecule has 0 saturated carbocycles. The van der Waals surface area contributed by atoms with Gasteiger partial charge in [-0.15, -0.1) is 0 Å². The van der Waals surface area contributed by atoms with Crippen molar-refractivity contribution in [3.05, 3.63) is 12.2 Å². The van der Waals surface area contributed by atoms with Crippen molar-refractivity contribution >= 4 is 11.9 Å². The minimum absolute atomic E-state index is 0.121. The van der Waals surface area contributed by atoms with E-state index in [1.807, 2.05) is 6.92 Å². The highest BCUT2D eigenvalue weighted by Crippen LogP contribution is 2.36. The number of carboxylic acids is 1. The SMILES string of the molecule is CCCC1(C(=O)O)CCN(C(=O)CC2C=CCC2)C1. The molecule has 1 saturated heterocycles. The number of carboxylic acid groups (broad SMARTS) is 1. The maximum absolute atomic E-state index is 12.2. The van der Waals surface area contributed by atoms with Gasteiger partial charge in [0.25, 0.3) is 0 Å². The van der Waals surface area contributed by atoms with Crippen LogP contribution in [0.25, 0.3) is 0 Å². The lowest BCUT2D eigenvalue weighted by molar-refractivity contribution is -0.149. The zero-order valence-corrected chi connectivity index (χ0v) is 11.6. The molecule has 19 heavy (non-hydrogen) atoms. The number of likely N-dealkylation sites (tertiary alicyclic amines) is 1. The van der Waals surface area contributed by atoms with Crippen LogP contribution in [0.3, 0.4) is 0 Å². The summed E-state index contributed by atoms with van der Waals surface area (Å²) in [5.41, 5.74) is -0.698. The number of hydrogen-bond donors (Lipinski definition) is 1. The second-order valence-corrected chi connectivity index (χ2v) is 5.87. The molecule has 1 amide bonds. The Hall–Kier alpha value is -1.32. The minimum atomic E-state index is -0.745. The van der Waals surface area contributed by atoms with Gasteiger partial charge in [-0.2, -0.15) is 0 Å². The van der Waals surface area contributed by atoms with Gasteiger partial charge in [0.05, 0.1) is 5.41 Å². The largest absolute Gasteiger partial charge is 0.481 e. The molecule has 0 bridgehead atoms. The van der Waals surface area contributed by atoms with Crippen LogP contribution >= 0.6 is 0 Å². The molecule has 0 aromatic carbocycles. The summed E-state index contributed by atoms with van der Waals surface area (Å²) in [6.07, 6.45) is 9.01. The zero-order chi connectivity index (χ0) is 13.9. The standard InChI is InChI=1S/C15H23NO3/c1-2-7-15(14(18)19)8-9-16(11-15)13(17)10-12-5-3-4-6-12/h3,5,12H,2,4,6-11H2,1H3,(H,18,19). The molecule has 1 N–H and O–H groups in total. The van der Waals surface area contributed by atoms with E-state index in [4.69, 9.17) is 0 Å². The van der Waals surface area contributed by atoms with Crippen molar-refractivity contribution in [3.63, 3.8) is 0 Å². The van der Waals surface area contributed by atoms with Gasteiger partial charge in [-0.3, -0.25) is 9.59 Å². The Morgan fingerprint density at radius 1 is 1.47 bits per heavy atom. The fraction of sp³-hybridized carbons (Fsp3) is 0.733. The Kier molecular flexibility index (Phi) is 4.27. The first-order chi connectivity index (χ1) is 9.07. The van der Waals surface area contributed by atoms with Crippen LogP contribution in [0, 0.1) is 11.3 Å². The average Bonchev–Trinajstić information content (AvgIpc) is 2.99. The highest BCUT2D eigenvalue weighted by Gasteiger charge is 2.45. The van der Waals surface area contributed by atoms with Crippen molar-refractivity contribution in [2.75, 3.05) is 13.1 Å². The molecule has 2 atom stereocenters. The van der Waals surface area contributed by atoms with Crippen LogP contribution in [-0.2, 0) is 9.59 Å². The molecule has 0 aromatic heterocycles. The lowest BCUT2D eigenvalue weighted by Crippen LogP contribution is -2.37. The Morgan fingerprint density at radius 2 is 2.26 bits per heavy atom. The molecule has 1 aliphatic heterocycles. The molecular weight excluding hydrogens is 242 g/mol. The molecule has 2 unspecified atom stereocenters. The summed E-state index contributed by atoms with van der Waals surface area (Å²) in [5, 5.41) is 9.43. The van der Waals surface area contributed by atoms with Crippen LogP contribution in [0.5, 0.6) is 0 Å². The molecule has 2 aliphatic rings. The van der Waals surface area contributed by atoms with Gasteiger partial charge in [0.15, 0.2) is 0 Å². The van der Waals surface area contributed by atoms with Gasteiger partial charge >= 0.3 is 5.97 Å². The fourth-order valence-electron chi connectivity index (χ4n) is 3.27. The second-order valence-electron chi connectivity index (χ2n) is 5.87. The first kappa shape index (κ1) is 14.1. The summed E-state index contributed by atoms with van der Waals surface area (Å²) in [7, 11) is 0. The van der Waals surface area contributed by atoms with Gasteiger partial charge in [-0.25, -0.2) is 0 Å². The highest BCUT2D eigenvalue weighted by atomic mass is 16.4. The molecule has 0 spiro atoms. The summed E-state index contributed by atoms with van der Waals surface area (Å²) in [5.74, 6) is -0.264. The van der Waals surface area contributed by atoms with E-state index in [2.05, 4.69) is 12.2 Å². The normalized spacial score (nSPS) is 29.9. The van der Waals surface area contributed by atoms with Crippen molar-refractivity contribution in [2.24, 2.45) is 11.3 Å². The van der Waals surface area contributed by atoms with Crippen LogP contribution in [0.1, 0.15) is 45.4 Å². The lowest BCUT2D eigenvalue weighted by Gasteiger charge is -2.24. The van der Waals surface area contributed by atoms with Gasteiger partial charge in [0.2, 0.25) is 5.91 Å². The Bertz CT molecular complexity index is 391. The van der Waals surface area contributed by atoms with Gasteiger partial charge < -0.3 is 10.0 Å². The van der Waals surface area contributed by atoms with Gasteiger partial charge in [0, 0.05) is 19.5 Å². The summed E-state index contributed by atoms with van der Waals surface area (Å²) in [6, 6.07) is 0. The van der Waals surface area contributed by atoms with Crippen LogP contribution < -0.4 is 0 Å². The summed E-state index contributed by atoms with van der Waals surface area (Å²) < 4.78 is 0. The van der Waals surface area contributed by atoms with E-state index in [1.54, 1.807) is 4.90 Å². The predicted octanol–water partition coefficient (Wildman–Crippen LogP) is 2.45. The van der Waals surface area contributed by atoms with E-state index in [-0.39, 0.29) is 5.91 Å². The number of aliphatic carboxylic acids is 1. The quantitative estimate of drug-likeness (QED) is 0.777. The summed E-state index contributed by atoms with van der Waals surface area (Å²) in [6.45, 7) is 2.99. The minimum Gasteiger partial charge on any atom is -0.481 e. The number of carbonyl (C=O) groups is 2. The van der Waals surface area contributed by atoms with Crippen LogP contribution in [0.15, 0.2) is 12.2 Å². The molecule has 0 aromatic rings. The lowest BCUT2D eigenvalue weighted by atomic mass is 9.83. The fourth-order valence-corrected chi connectivity index (χ4v) is 3.27. The number of allylic oxidation sites excluding steroid dienone is 2. The zero-order valence-electron chi connectivity index (χ0n) is 11.6. The molecule has 1 fully saturated rings. The molecule has 1 heterocycles. The number of amides is 1. The van der Waals surface area contributed by atoms with Crippen molar-refractivity contribution in [1.82, 2.24) is 4.90 Å². The maximum atomic E-state index is 12.2. The Morgan fingerprint density at radius 3 is 2.84 bits per heavy atom. The van der Waals surface area contributed by atoms with Crippen molar-refractivity contribution in [2.45, 2.75) is 45.4 Å². The summed E-state index contributed by atoms with van der Waals surface area (Å²) in [4.78, 5) is 25.5. The van der Waals surface area contributed by atoms with Crippen LogP contribution in [-0.4, -0.2) is 35.0 Å². The van der Waals surface area contributed by atoms with E-state index in [9.17, 15) is 14.7 Å². The van der Waals surface area contributed by atoms with Gasteiger partial charge in [-0.05, 0) is 31.6 Å². The number of nitrogens with zero attached hydrogens (tertiary/aromatic N) is 1. The number of carbonyl (C=O) groups excluding carboxylic acids is 1. The van der Waals surface area contributed by atoms with Crippen molar-refractivity contribution in [3.8, 4) is 0 Å². The Labute approximate surface area is 114 Å². The van der Waals surface area contributed by atoms with E-state index in [0.29, 0.717) is 38.3 Å². The van der Waals surface area contributed by atoms with E-state index < -0.39 is 11.4 Å². The topological polar surface area (TPSA) is 57.6 Å². The monoisotopic (exact) mass is 265 g/mol.